The molecule has 0 aliphatic carbocycles. The van der Waals surface area contributed by atoms with Crippen LogP contribution in [0.25, 0.3) is 16.9 Å². The second-order valence-electron chi connectivity index (χ2n) is 6.77. The van der Waals surface area contributed by atoms with Crippen LogP contribution in [-0.2, 0) is 0 Å². The summed E-state index contributed by atoms with van der Waals surface area (Å²) < 4.78 is 4.25. The topological polar surface area (TPSA) is 38.9 Å². The first-order valence-corrected chi connectivity index (χ1v) is 9.20. The number of aromatic nitrogens is 4. The predicted octanol–water partition coefficient (Wildman–Crippen LogP) is 4.20. The second-order valence-corrected chi connectivity index (χ2v) is 6.77. The molecule has 4 rings (SSSR count). The summed E-state index contributed by atoms with van der Waals surface area (Å²) in [6.45, 7) is 5.82. The number of hydrogen-bond acceptors (Lipinski definition) is 3. The molecule has 26 heavy (non-hydrogen) atoms. The highest BCUT2D eigenvalue weighted by molar-refractivity contribution is 5.85. The van der Waals surface area contributed by atoms with E-state index in [4.69, 9.17) is 0 Å². The molecule has 0 N–H and O–H groups in total. The maximum Gasteiger partial charge on any atom is 0.0954 e. The van der Waals surface area contributed by atoms with Crippen molar-refractivity contribution in [2.45, 2.75) is 32.2 Å². The highest BCUT2D eigenvalue weighted by atomic mass is 35.5. The third kappa shape index (κ3) is 3.84. The van der Waals surface area contributed by atoms with Crippen LogP contribution in [0.1, 0.15) is 32.2 Å². The molecule has 3 aromatic rings. The first kappa shape index (κ1) is 18.7. The fourth-order valence-electron chi connectivity index (χ4n) is 3.67. The molecule has 0 bridgehead atoms. The molecule has 1 aliphatic heterocycles. The Hall–Kier alpha value is -2.11. The third-order valence-corrected chi connectivity index (χ3v) is 5.10. The Morgan fingerprint density at radius 2 is 1.85 bits per heavy atom. The first-order chi connectivity index (χ1) is 12.3. The van der Waals surface area contributed by atoms with E-state index in [2.05, 4.69) is 44.8 Å². The van der Waals surface area contributed by atoms with Gasteiger partial charge in [-0.2, -0.15) is 5.10 Å². The maximum absolute atomic E-state index is 4.54. The van der Waals surface area contributed by atoms with Crippen LogP contribution in [0.4, 0.5) is 0 Å². The number of hydrogen-bond donors (Lipinski definition) is 0. The van der Waals surface area contributed by atoms with Gasteiger partial charge in [-0.1, -0.05) is 25.1 Å². The van der Waals surface area contributed by atoms with E-state index in [1.165, 1.54) is 25.9 Å². The van der Waals surface area contributed by atoms with Gasteiger partial charge in [-0.15, -0.1) is 12.4 Å². The van der Waals surface area contributed by atoms with Crippen LogP contribution in [0.3, 0.4) is 0 Å². The van der Waals surface area contributed by atoms with E-state index in [0.29, 0.717) is 6.04 Å². The number of imidazole rings is 1. The summed E-state index contributed by atoms with van der Waals surface area (Å²) >= 11 is 0. The van der Waals surface area contributed by atoms with E-state index < -0.39 is 0 Å². The molecule has 0 radical (unpaired) electrons. The third-order valence-electron chi connectivity index (χ3n) is 5.10. The van der Waals surface area contributed by atoms with Gasteiger partial charge in [0.25, 0.3) is 0 Å². The summed E-state index contributed by atoms with van der Waals surface area (Å²) in [7, 11) is 0. The van der Waals surface area contributed by atoms with Gasteiger partial charge < -0.3 is 9.47 Å². The van der Waals surface area contributed by atoms with Gasteiger partial charge in [0.1, 0.15) is 0 Å². The molecule has 138 valence electrons. The zero-order valence-corrected chi connectivity index (χ0v) is 16.0. The lowest BCUT2D eigenvalue weighted by molar-refractivity contribution is 0.273. The van der Waals surface area contributed by atoms with Crippen molar-refractivity contribution < 1.29 is 0 Å². The molecule has 3 heterocycles. The minimum absolute atomic E-state index is 0. The highest BCUT2D eigenvalue weighted by Crippen LogP contribution is 2.26. The standard InChI is InChI=1S/C20H25N5.ClH/c1-2-18(15-23-10-6-7-11-23)24-16-21-13-20(24)17-12-22-25(14-17)19-8-4-3-5-9-19;/h3-5,8-9,12-14,16,18H,2,6-7,10-11,15H2,1H3;1H. The minimum atomic E-state index is 0. The van der Waals surface area contributed by atoms with E-state index in [0.717, 1.165) is 29.9 Å². The zero-order valence-electron chi connectivity index (χ0n) is 15.2. The van der Waals surface area contributed by atoms with Crippen LogP contribution >= 0.6 is 12.4 Å². The number of halogens is 1. The molecule has 1 saturated heterocycles. The van der Waals surface area contributed by atoms with Crippen LogP contribution in [0, 0.1) is 0 Å². The van der Waals surface area contributed by atoms with Crippen LogP contribution in [0.5, 0.6) is 0 Å². The molecule has 2 aromatic heterocycles. The fraction of sp³-hybridized carbons (Fsp3) is 0.400. The highest BCUT2D eigenvalue weighted by Gasteiger charge is 2.20. The van der Waals surface area contributed by atoms with Crippen molar-refractivity contribution in [1.82, 2.24) is 24.2 Å². The maximum atomic E-state index is 4.54. The SMILES string of the molecule is CCC(CN1CCCC1)n1cncc1-c1cnn(-c2ccccc2)c1.Cl. The summed E-state index contributed by atoms with van der Waals surface area (Å²) in [6.07, 6.45) is 11.7. The van der Waals surface area contributed by atoms with Gasteiger partial charge in [0.05, 0.1) is 30.1 Å². The molecule has 0 spiro atoms. The summed E-state index contributed by atoms with van der Waals surface area (Å²) in [5, 5.41) is 4.54. The Labute approximate surface area is 161 Å². The van der Waals surface area contributed by atoms with Crippen molar-refractivity contribution >= 4 is 12.4 Å². The van der Waals surface area contributed by atoms with Gasteiger partial charge in [0, 0.05) is 24.3 Å². The van der Waals surface area contributed by atoms with Crippen LogP contribution in [0.15, 0.2) is 55.2 Å². The van der Waals surface area contributed by atoms with Crippen molar-refractivity contribution in [2.75, 3.05) is 19.6 Å². The Kier molecular flexibility index (Phi) is 6.12. The Balaban J connectivity index is 0.00000196. The summed E-state index contributed by atoms with van der Waals surface area (Å²) in [4.78, 5) is 7.01. The van der Waals surface area contributed by atoms with Crippen LogP contribution < -0.4 is 0 Å². The normalized spacial score (nSPS) is 15.7. The lowest BCUT2D eigenvalue weighted by atomic mass is 10.1. The molecule has 0 amide bonds. The van der Waals surface area contributed by atoms with Crippen molar-refractivity contribution in [2.24, 2.45) is 0 Å². The Morgan fingerprint density at radius 1 is 1.08 bits per heavy atom. The predicted molar refractivity (Wildman–Crippen MR) is 107 cm³/mol. The van der Waals surface area contributed by atoms with Gasteiger partial charge in [-0.25, -0.2) is 9.67 Å². The van der Waals surface area contributed by atoms with E-state index in [1.807, 2.05) is 41.6 Å². The average Bonchev–Trinajstić information content (AvgIpc) is 3.41. The lowest BCUT2D eigenvalue weighted by Crippen LogP contribution is -2.28. The molecule has 1 fully saturated rings. The summed E-state index contributed by atoms with van der Waals surface area (Å²) in [5.74, 6) is 0. The number of para-hydroxylation sites is 1. The largest absolute Gasteiger partial charge is 0.326 e. The molecule has 1 atom stereocenters. The molecule has 6 heteroatoms. The van der Waals surface area contributed by atoms with E-state index in [-0.39, 0.29) is 12.4 Å². The van der Waals surface area contributed by atoms with Crippen LogP contribution in [-0.4, -0.2) is 43.9 Å². The number of nitrogens with zero attached hydrogens (tertiary/aromatic N) is 5. The van der Waals surface area contributed by atoms with E-state index in [1.54, 1.807) is 0 Å². The monoisotopic (exact) mass is 371 g/mol. The van der Waals surface area contributed by atoms with Gasteiger partial charge in [-0.3, -0.25) is 0 Å². The molecular formula is C20H26ClN5. The molecular weight excluding hydrogens is 346 g/mol. The minimum Gasteiger partial charge on any atom is -0.326 e. The molecule has 1 unspecified atom stereocenters. The van der Waals surface area contributed by atoms with Gasteiger partial charge in [0.2, 0.25) is 0 Å². The summed E-state index contributed by atoms with van der Waals surface area (Å²) in [5.41, 5.74) is 3.33. The molecule has 0 saturated carbocycles. The molecule has 1 aromatic carbocycles. The van der Waals surface area contributed by atoms with Gasteiger partial charge in [0.15, 0.2) is 0 Å². The van der Waals surface area contributed by atoms with E-state index >= 15 is 0 Å². The van der Waals surface area contributed by atoms with Crippen molar-refractivity contribution in [3.05, 3.63) is 55.2 Å². The van der Waals surface area contributed by atoms with Gasteiger partial charge >= 0.3 is 0 Å². The fourth-order valence-corrected chi connectivity index (χ4v) is 3.67. The van der Waals surface area contributed by atoms with Crippen molar-refractivity contribution in [3.63, 3.8) is 0 Å². The average molecular weight is 372 g/mol. The Morgan fingerprint density at radius 3 is 2.58 bits per heavy atom. The van der Waals surface area contributed by atoms with E-state index in [9.17, 15) is 0 Å². The second kappa shape index (κ2) is 8.52. The summed E-state index contributed by atoms with van der Waals surface area (Å²) in [6, 6.07) is 10.7. The van der Waals surface area contributed by atoms with Crippen molar-refractivity contribution in [3.8, 4) is 16.9 Å². The number of benzene rings is 1. The van der Waals surface area contributed by atoms with Gasteiger partial charge in [-0.05, 0) is 44.5 Å². The number of rotatable bonds is 6. The first-order valence-electron chi connectivity index (χ1n) is 9.20. The Bertz CT molecular complexity index is 804. The quantitative estimate of drug-likeness (QED) is 0.651. The number of likely N-dealkylation sites (tertiary alicyclic amines) is 1. The van der Waals surface area contributed by atoms with Crippen LogP contribution in [0.2, 0.25) is 0 Å². The molecule has 1 aliphatic rings. The zero-order chi connectivity index (χ0) is 17.1. The smallest absolute Gasteiger partial charge is 0.0954 e. The van der Waals surface area contributed by atoms with Crippen molar-refractivity contribution in [1.29, 1.82) is 0 Å². The molecule has 5 nitrogen and oxygen atoms in total. The lowest BCUT2D eigenvalue weighted by Gasteiger charge is -2.25.